The molecule has 25 heavy (non-hydrogen) atoms. The van der Waals surface area contributed by atoms with Crippen LogP contribution in [0.1, 0.15) is 30.0 Å². The number of halogens is 1. The molecule has 1 amide bonds. The van der Waals surface area contributed by atoms with Crippen LogP contribution in [0, 0.1) is 18.7 Å². The number of likely N-dealkylation sites (N-methyl/N-ethyl adjacent to an activating group) is 1. The lowest BCUT2D eigenvalue weighted by molar-refractivity contribution is 0.129. The Labute approximate surface area is 149 Å². The topological polar surface area (TPSA) is 47.0 Å². The van der Waals surface area contributed by atoms with Gasteiger partial charge in [0, 0.05) is 25.7 Å². The van der Waals surface area contributed by atoms with Gasteiger partial charge in [-0.15, -0.1) is 0 Å². The normalized spacial score (nSPS) is 27.4. The molecule has 1 unspecified atom stereocenters. The number of benzene rings is 1. The summed E-state index contributed by atoms with van der Waals surface area (Å²) in [6.45, 7) is 5.40. The van der Waals surface area contributed by atoms with E-state index in [1.54, 1.807) is 6.07 Å². The fourth-order valence-corrected chi connectivity index (χ4v) is 4.39. The molecule has 2 aliphatic rings. The van der Waals surface area contributed by atoms with Crippen LogP contribution in [0.5, 0.6) is 0 Å². The van der Waals surface area contributed by atoms with Gasteiger partial charge in [-0.2, -0.15) is 0 Å². The largest absolute Gasteiger partial charge is 0.465 e. The molecule has 138 valence electrons. The van der Waals surface area contributed by atoms with Crippen molar-refractivity contribution in [2.45, 2.75) is 31.8 Å². The smallest absolute Gasteiger partial charge is 0.407 e. The first-order valence-corrected chi connectivity index (χ1v) is 9.01. The van der Waals surface area contributed by atoms with E-state index in [1.807, 2.05) is 6.92 Å². The van der Waals surface area contributed by atoms with Gasteiger partial charge in [-0.25, -0.2) is 9.18 Å². The van der Waals surface area contributed by atoms with Crippen molar-refractivity contribution < 1.29 is 14.3 Å². The quantitative estimate of drug-likeness (QED) is 0.908. The second-order valence-corrected chi connectivity index (χ2v) is 7.64. The highest BCUT2D eigenvalue weighted by Gasteiger charge is 2.40. The minimum atomic E-state index is -0.885. The predicted octanol–water partition coefficient (Wildman–Crippen LogP) is 2.81. The minimum absolute atomic E-state index is 0.184. The molecule has 1 aromatic carbocycles. The summed E-state index contributed by atoms with van der Waals surface area (Å²) in [5, 5.41) is 9.62. The van der Waals surface area contributed by atoms with Gasteiger partial charge in [0.05, 0.1) is 6.04 Å². The zero-order valence-electron chi connectivity index (χ0n) is 15.3. The maximum absolute atomic E-state index is 13.5. The number of likely N-dealkylation sites (tertiary alicyclic amines) is 2. The predicted molar refractivity (Wildman–Crippen MR) is 95.2 cm³/mol. The van der Waals surface area contributed by atoms with Gasteiger partial charge in [0.1, 0.15) is 5.82 Å². The van der Waals surface area contributed by atoms with Gasteiger partial charge in [-0.3, -0.25) is 0 Å². The first kappa shape index (κ1) is 18.1. The van der Waals surface area contributed by atoms with E-state index in [2.05, 4.69) is 23.9 Å². The van der Waals surface area contributed by atoms with Crippen LogP contribution in [0.15, 0.2) is 18.2 Å². The van der Waals surface area contributed by atoms with Crippen molar-refractivity contribution in [3.8, 4) is 0 Å². The van der Waals surface area contributed by atoms with Crippen molar-refractivity contribution in [3.63, 3.8) is 0 Å². The molecule has 0 spiro atoms. The molecule has 2 fully saturated rings. The van der Waals surface area contributed by atoms with Crippen LogP contribution < -0.4 is 0 Å². The molecule has 3 rings (SSSR count). The number of amides is 1. The third-order valence-electron chi connectivity index (χ3n) is 5.79. The van der Waals surface area contributed by atoms with E-state index in [4.69, 9.17) is 0 Å². The average molecular weight is 349 g/mol. The summed E-state index contributed by atoms with van der Waals surface area (Å²) in [5.74, 6) is -0.0211. The van der Waals surface area contributed by atoms with Crippen LogP contribution in [0.4, 0.5) is 9.18 Å². The molecule has 2 heterocycles. The Kier molecular flexibility index (Phi) is 5.29. The molecule has 1 N–H and O–H groups in total. The minimum Gasteiger partial charge on any atom is -0.465 e. The summed E-state index contributed by atoms with van der Waals surface area (Å²) in [6, 6.07) is 5.09. The molecule has 2 aliphatic heterocycles. The SMILES string of the molecule is Cc1cc(F)ccc1[C@@H]1[C@@H](CN2CCC(N(C)C)C2)CCN1C(=O)O. The Morgan fingerprint density at radius 3 is 2.68 bits per heavy atom. The van der Waals surface area contributed by atoms with Crippen molar-refractivity contribution in [3.05, 3.63) is 35.1 Å². The first-order chi connectivity index (χ1) is 11.9. The van der Waals surface area contributed by atoms with Gasteiger partial charge in [-0.1, -0.05) is 6.07 Å². The summed E-state index contributed by atoms with van der Waals surface area (Å²) in [5.41, 5.74) is 1.77. The van der Waals surface area contributed by atoms with Gasteiger partial charge < -0.3 is 19.8 Å². The van der Waals surface area contributed by atoms with Crippen molar-refractivity contribution in [2.75, 3.05) is 40.3 Å². The van der Waals surface area contributed by atoms with Crippen LogP contribution in [0.2, 0.25) is 0 Å². The molecular formula is C19H28FN3O2. The average Bonchev–Trinajstić information content (AvgIpc) is 3.15. The third kappa shape index (κ3) is 3.80. The number of aryl methyl sites for hydroxylation is 1. The molecule has 0 bridgehead atoms. The van der Waals surface area contributed by atoms with Crippen molar-refractivity contribution in [1.29, 1.82) is 0 Å². The second-order valence-electron chi connectivity index (χ2n) is 7.64. The molecule has 0 aliphatic carbocycles. The van der Waals surface area contributed by atoms with E-state index < -0.39 is 6.09 Å². The van der Waals surface area contributed by atoms with Crippen LogP contribution in [-0.2, 0) is 0 Å². The monoisotopic (exact) mass is 349 g/mol. The van der Waals surface area contributed by atoms with Gasteiger partial charge >= 0.3 is 6.09 Å². The fraction of sp³-hybridized carbons (Fsp3) is 0.632. The Balaban J connectivity index is 1.79. The fourth-order valence-electron chi connectivity index (χ4n) is 4.39. The number of carboxylic acid groups (broad SMARTS) is 1. The summed E-state index contributed by atoms with van der Waals surface area (Å²) < 4.78 is 13.5. The van der Waals surface area contributed by atoms with Gasteiger partial charge in [0.25, 0.3) is 0 Å². The highest BCUT2D eigenvalue weighted by atomic mass is 19.1. The maximum atomic E-state index is 13.5. The Bertz CT molecular complexity index is 637. The molecule has 2 saturated heterocycles. The van der Waals surface area contributed by atoms with Crippen LogP contribution in [0.3, 0.4) is 0 Å². The van der Waals surface area contributed by atoms with Crippen molar-refractivity contribution in [1.82, 2.24) is 14.7 Å². The summed E-state index contributed by atoms with van der Waals surface area (Å²) in [4.78, 5) is 18.0. The van der Waals surface area contributed by atoms with Crippen LogP contribution in [-0.4, -0.2) is 72.2 Å². The van der Waals surface area contributed by atoms with E-state index in [0.29, 0.717) is 12.6 Å². The highest BCUT2D eigenvalue weighted by molar-refractivity contribution is 5.66. The van der Waals surface area contributed by atoms with Crippen molar-refractivity contribution >= 4 is 6.09 Å². The first-order valence-electron chi connectivity index (χ1n) is 9.01. The number of nitrogens with zero attached hydrogens (tertiary/aromatic N) is 3. The zero-order chi connectivity index (χ0) is 18.1. The molecular weight excluding hydrogens is 321 g/mol. The van der Waals surface area contributed by atoms with Gasteiger partial charge in [0.15, 0.2) is 0 Å². The molecule has 3 atom stereocenters. The molecule has 0 radical (unpaired) electrons. The van der Waals surface area contributed by atoms with E-state index in [1.165, 1.54) is 17.0 Å². The molecule has 5 nitrogen and oxygen atoms in total. The number of rotatable bonds is 4. The van der Waals surface area contributed by atoms with E-state index in [0.717, 1.165) is 43.6 Å². The second kappa shape index (κ2) is 7.30. The Hall–Kier alpha value is -1.66. The van der Waals surface area contributed by atoms with Gasteiger partial charge in [0.2, 0.25) is 0 Å². The highest BCUT2D eigenvalue weighted by Crippen LogP contribution is 2.39. The molecule has 6 heteroatoms. The molecule has 1 aromatic rings. The van der Waals surface area contributed by atoms with Crippen LogP contribution in [0.25, 0.3) is 0 Å². The summed E-state index contributed by atoms with van der Waals surface area (Å²) in [6.07, 6.45) is 1.13. The van der Waals surface area contributed by atoms with Crippen LogP contribution >= 0.6 is 0 Å². The number of carbonyl (C=O) groups is 1. The van der Waals surface area contributed by atoms with Crippen molar-refractivity contribution in [2.24, 2.45) is 5.92 Å². The van der Waals surface area contributed by atoms with Gasteiger partial charge in [-0.05, 0) is 69.6 Å². The lowest BCUT2D eigenvalue weighted by atomic mass is 9.90. The van der Waals surface area contributed by atoms with E-state index in [9.17, 15) is 14.3 Å². The Morgan fingerprint density at radius 1 is 1.32 bits per heavy atom. The lowest BCUT2D eigenvalue weighted by Gasteiger charge is -2.30. The lowest BCUT2D eigenvalue weighted by Crippen LogP contribution is -2.36. The number of hydrogen-bond donors (Lipinski definition) is 1. The number of hydrogen-bond acceptors (Lipinski definition) is 3. The third-order valence-corrected chi connectivity index (χ3v) is 5.79. The van der Waals surface area contributed by atoms with E-state index in [-0.39, 0.29) is 17.8 Å². The zero-order valence-corrected chi connectivity index (χ0v) is 15.3. The van der Waals surface area contributed by atoms with E-state index >= 15 is 0 Å². The summed E-state index contributed by atoms with van der Waals surface area (Å²) >= 11 is 0. The Morgan fingerprint density at radius 2 is 2.08 bits per heavy atom. The standard InChI is InChI=1S/C19H28FN3O2/c1-13-10-15(20)4-5-17(13)18-14(6-9-23(18)19(24)25)11-22-8-7-16(12-22)21(2)3/h4-5,10,14,16,18H,6-9,11-12H2,1-3H3,(H,24,25)/t14-,16?,18+/m1/s1. The maximum Gasteiger partial charge on any atom is 0.407 e. The summed E-state index contributed by atoms with van der Waals surface area (Å²) in [7, 11) is 4.22. The molecule has 0 aromatic heterocycles. The molecule has 0 saturated carbocycles.